The van der Waals surface area contributed by atoms with Gasteiger partial charge in [0.05, 0.1) is 5.69 Å². The fourth-order valence-corrected chi connectivity index (χ4v) is 4.60. The van der Waals surface area contributed by atoms with Crippen molar-refractivity contribution in [2.24, 2.45) is 5.92 Å². The highest BCUT2D eigenvalue weighted by Crippen LogP contribution is 2.23. The van der Waals surface area contributed by atoms with E-state index in [4.69, 9.17) is 0 Å². The highest BCUT2D eigenvalue weighted by molar-refractivity contribution is 5.80. The lowest BCUT2D eigenvalue weighted by Gasteiger charge is -2.33. The summed E-state index contributed by atoms with van der Waals surface area (Å²) in [6.07, 6.45) is 8.11. The van der Waals surface area contributed by atoms with E-state index in [1.807, 2.05) is 22.1 Å². The van der Waals surface area contributed by atoms with Crippen LogP contribution in [0.2, 0.25) is 0 Å². The Labute approximate surface area is 161 Å². The molecule has 1 aromatic heterocycles. The normalized spacial score (nSPS) is 24.4. The van der Waals surface area contributed by atoms with Crippen molar-refractivity contribution >= 4 is 11.8 Å². The van der Waals surface area contributed by atoms with Crippen LogP contribution in [0.1, 0.15) is 50.1 Å². The molecule has 0 bridgehead atoms. The van der Waals surface area contributed by atoms with Crippen molar-refractivity contribution in [3.8, 4) is 0 Å². The van der Waals surface area contributed by atoms with Gasteiger partial charge in [-0.15, -0.1) is 0 Å². The number of nitrogens with one attached hydrogen (secondary N) is 1. The van der Waals surface area contributed by atoms with Gasteiger partial charge in [-0.2, -0.15) is 5.10 Å². The van der Waals surface area contributed by atoms with Crippen LogP contribution in [-0.2, 0) is 16.1 Å². The molecule has 1 aromatic rings. The predicted molar refractivity (Wildman–Crippen MR) is 102 cm³/mol. The predicted octanol–water partition coefficient (Wildman–Crippen LogP) is 1.21. The summed E-state index contributed by atoms with van der Waals surface area (Å²) in [7, 11) is 0. The molecule has 3 aliphatic heterocycles. The Balaban J connectivity index is 1.26. The molecule has 27 heavy (non-hydrogen) atoms. The van der Waals surface area contributed by atoms with Crippen molar-refractivity contribution in [1.29, 1.82) is 0 Å². The lowest BCUT2D eigenvalue weighted by Crippen LogP contribution is -2.44. The van der Waals surface area contributed by atoms with Gasteiger partial charge in [-0.1, -0.05) is 0 Å². The molecule has 148 valence electrons. The molecular weight excluding hydrogens is 342 g/mol. The number of likely N-dealkylation sites (tertiary alicyclic amines) is 2. The number of amides is 2. The number of rotatable bonds is 4. The molecule has 1 N–H and O–H groups in total. The topological polar surface area (TPSA) is 70.5 Å². The first-order valence-corrected chi connectivity index (χ1v) is 10.5. The monoisotopic (exact) mass is 373 g/mol. The van der Waals surface area contributed by atoms with Crippen LogP contribution in [0, 0.1) is 5.92 Å². The van der Waals surface area contributed by atoms with Gasteiger partial charge >= 0.3 is 0 Å². The number of nitrogens with zero attached hydrogens (tertiary/aromatic N) is 4. The largest absolute Gasteiger partial charge is 0.342 e. The second-order valence-electron chi connectivity index (χ2n) is 8.17. The molecule has 0 aromatic carbocycles. The van der Waals surface area contributed by atoms with Crippen LogP contribution < -0.4 is 5.32 Å². The Morgan fingerprint density at radius 2 is 1.81 bits per heavy atom. The first-order chi connectivity index (χ1) is 13.2. The zero-order chi connectivity index (χ0) is 18.6. The number of carbonyl (C=O) groups is 2. The molecule has 3 saturated heterocycles. The van der Waals surface area contributed by atoms with Gasteiger partial charge in [0.1, 0.15) is 6.54 Å². The number of hydrogen-bond acceptors (Lipinski definition) is 4. The van der Waals surface area contributed by atoms with E-state index in [0.29, 0.717) is 31.5 Å². The molecule has 1 atom stereocenters. The van der Waals surface area contributed by atoms with Crippen molar-refractivity contribution in [3.05, 3.63) is 18.0 Å². The Kier molecular flexibility index (Phi) is 5.76. The third kappa shape index (κ3) is 4.34. The van der Waals surface area contributed by atoms with Gasteiger partial charge in [0.25, 0.3) is 0 Å². The van der Waals surface area contributed by atoms with Crippen molar-refractivity contribution in [2.45, 2.75) is 51.0 Å². The molecule has 0 spiro atoms. The third-order valence-electron chi connectivity index (χ3n) is 6.29. The molecular formula is C20H31N5O2. The lowest BCUT2D eigenvalue weighted by molar-refractivity contribution is -0.140. The molecule has 2 amide bonds. The van der Waals surface area contributed by atoms with Crippen LogP contribution in [0.25, 0.3) is 0 Å². The van der Waals surface area contributed by atoms with E-state index in [1.165, 1.54) is 6.42 Å². The highest BCUT2D eigenvalue weighted by atomic mass is 16.2. The molecule has 0 radical (unpaired) electrons. The smallest absolute Gasteiger partial charge is 0.244 e. The number of piperidine rings is 2. The average molecular weight is 374 g/mol. The SMILES string of the molecule is O=C(Cn1ccc([C@@H]2CCCNC2)n1)N1CCC(C(=O)N2CCCC2)CC1. The van der Waals surface area contributed by atoms with Crippen LogP contribution in [0.5, 0.6) is 0 Å². The van der Waals surface area contributed by atoms with Crippen LogP contribution in [0.4, 0.5) is 0 Å². The van der Waals surface area contributed by atoms with Gasteiger partial charge < -0.3 is 15.1 Å². The van der Waals surface area contributed by atoms with Crippen molar-refractivity contribution < 1.29 is 9.59 Å². The third-order valence-corrected chi connectivity index (χ3v) is 6.29. The van der Waals surface area contributed by atoms with Crippen LogP contribution >= 0.6 is 0 Å². The van der Waals surface area contributed by atoms with Crippen molar-refractivity contribution in [1.82, 2.24) is 24.9 Å². The molecule has 0 saturated carbocycles. The number of hydrogen-bond donors (Lipinski definition) is 1. The Morgan fingerprint density at radius 3 is 2.52 bits per heavy atom. The summed E-state index contributed by atoms with van der Waals surface area (Å²) in [4.78, 5) is 29.1. The van der Waals surface area contributed by atoms with E-state index in [9.17, 15) is 9.59 Å². The molecule has 7 heteroatoms. The second kappa shape index (κ2) is 8.42. The summed E-state index contributed by atoms with van der Waals surface area (Å²) < 4.78 is 1.77. The van der Waals surface area contributed by atoms with E-state index < -0.39 is 0 Å². The summed E-state index contributed by atoms with van der Waals surface area (Å²) in [6, 6.07) is 2.05. The minimum absolute atomic E-state index is 0.0993. The van der Waals surface area contributed by atoms with Crippen molar-refractivity contribution in [2.75, 3.05) is 39.3 Å². The van der Waals surface area contributed by atoms with Crippen LogP contribution in [0.3, 0.4) is 0 Å². The molecule has 0 aliphatic carbocycles. The first-order valence-electron chi connectivity index (χ1n) is 10.5. The quantitative estimate of drug-likeness (QED) is 0.861. The fourth-order valence-electron chi connectivity index (χ4n) is 4.60. The van der Waals surface area contributed by atoms with E-state index in [-0.39, 0.29) is 11.8 Å². The average Bonchev–Trinajstić information content (AvgIpc) is 3.40. The fraction of sp³-hybridized carbons (Fsp3) is 0.750. The molecule has 0 unspecified atom stereocenters. The standard InChI is InChI=1S/C20H31N5O2/c26-19(15-25-13-7-18(22-25)17-4-3-8-21-14-17)23-11-5-16(6-12-23)20(27)24-9-1-2-10-24/h7,13,16-17,21H,1-6,8-12,14-15H2/t17-/m1/s1. The molecule has 4 rings (SSSR count). The van der Waals surface area contributed by atoms with Gasteiger partial charge in [0.2, 0.25) is 11.8 Å². The lowest BCUT2D eigenvalue weighted by atomic mass is 9.95. The Morgan fingerprint density at radius 1 is 1.04 bits per heavy atom. The number of aromatic nitrogens is 2. The first kappa shape index (κ1) is 18.5. The molecule has 3 fully saturated rings. The van der Waals surface area contributed by atoms with Gasteiger partial charge in [-0.3, -0.25) is 14.3 Å². The Hall–Kier alpha value is -1.89. The van der Waals surface area contributed by atoms with E-state index in [1.54, 1.807) is 4.68 Å². The minimum Gasteiger partial charge on any atom is -0.342 e. The van der Waals surface area contributed by atoms with Crippen LogP contribution in [-0.4, -0.2) is 70.7 Å². The summed E-state index contributed by atoms with van der Waals surface area (Å²) in [5, 5.41) is 8.05. The second-order valence-corrected chi connectivity index (χ2v) is 8.17. The Bertz CT molecular complexity index is 653. The maximum absolute atomic E-state index is 12.6. The summed E-state index contributed by atoms with van der Waals surface area (Å²) in [6.45, 7) is 5.56. The van der Waals surface area contributed by atoms with E-state index in [0.717, 1.165) is 64.0 Å². The molecule has 7 nitrogen and oxygen atoms in total. The van der Waals surface area contributed by atoms with Crippen LogP contribution in [0.15, 0.2) is 12.3 Å². The summed E-state index contributed by atoms with van der Waals surface area (Å²) in [5.74, 6) is 0.973. The minimum atomic E-state index is 0.0993. The van der Waals surface area contributed by atoms with Gasteiger partial charge in [-0.25, -0.2) is 0 Å². The highest BCUT2D eigenvalue weighted by Gasteiger charge is 2.31. The van der Waals surface area contributed by atoms with E-state index >= 15 is 0 Å². The zero-order valence-corrected chi connectivity index (χ0v) is 16.1. The maximum atomic E-state index is 12.6. The maximum Gasteiger partial charge on any atom is 0.244 e. The summed E-state index contributed by atoms with van der Waals surface area (Å²) >= 11 is 0. The molecule has 4 heterocycles. The molecule has 3 aliphatic rings. The van der Waals surface area contributed by atoms with Gasteiger partial charge in [-0.05, 0) is 51.1 Å². The zero-order valence-electron chi connectivity index (χ0n) is 16.1. The van der Waals surface area contributed by atoms with Gasteiger partial charge in [0.15, 0.2) is 0 Å². The van der Waals surface area contributed by atoms with E-state index in [2.05, 4.69) is 10.4 Å². The van der Waals surface area contributed by atoms with Gasteiger partial charge in [0, 0.05) is 50.8 Å². The van der Waals surface area contributed by atoms with Crippen molar-refractivity contribution in [3.63, 3.8) is 0 Å². The summed E-state index contributed by atoms with van der Waals surface area (Å²) in [5.41, 5.74) is 1.09. The number of carbonyl (C=O) groups excluding carboxylic acids is 2.